The number of hydrogen-bond acceptors (Lipinski definition) is 5. The van der Waals surface area contributed by atoms with Crippen molar-refractivity contribution in [3.8, 4) is 11.3 Å². The van der Waals surface area contributed by atoms with Crippen molar-refractivity contribution >= 4 is 22.8 Å². The molecule has 1 aliphatic heterocycles. The minimum atomic E-state index is -4.62. The number of nitrogens with zero attached hydrogens (tertiary/aromatic N) is 3. The molecule has 3 heterocycles. The first-order valence-corrected chi connectivity index (χ1v) is 10.0. The molecule has 164 valence electrons. The van der Waals surface area contributed by atoms with Crippen molar-refractivity contribution in [1.82, 2.24) is 25.2 Å². The highest BCUT2D eigenvalue weighted by Crippen LogP contribution is 2.39. The van der Waals surface area contributed by atoms with E-state index in [1.165, 1.54) is 7.05 Å². The van der Waals surface area contributed by atoms with Crippen LogP contribution < -0.4 is 16.0 Å². The molecule has 0 radical (unpaired) electrons. The number of benzene rings is 1. The van der Waals surface area contributed by atoms with Crippen molar-refractivity contribution in [2.75, 3.05) is 25.5 Å². The largest absolute Gasteiger partial charge is 0.419 e. The number of fused-ring (bicyclic) bond motifs is 1. The minimum Gasteiger partial charge on any atom is -0.355 e. The molecule has 3 N–H and O–H groups in total. The third-order valence-electron chi connectivity index (χ3n) is 5.45. The maximum atomic E-state index is 13.8. The molecule has 31 heavy (non-hydrogen) atoms. The first kappa shape index (κ1) is 21.1. The van der Waals surface area contributed by atoms with Crippen molar-refractivity contribution in [3.05, 3.63) is 41.7 Å². The smallest absolute Gasteiger partial charge is 0.355 e. The van der Waals surface area contributed by atoms with Gasteiger partial charge in [0.1, 0.15) is 5.56 Å². The number of hydrogen-bond donors (Lipinski definition) is 3. The number of para-hydroxylation sites is 1. The van der Waals surface area contributed by atoms with Gasteiger partial charge in [0.05, 0.1) is 16.8 Å². The Kier molecular flexibility index (Phi) is 5.57. The Balaban J connectivity index is 1.86. The highest BCUT2D eigenvalue weighted by Gasteiger charge is 2.36. The van der Waals surface area contributed by atoms with E-state index < -0.39 is 11.7 Å². The van der Waals surface area contributed by atoms with Gasteiger partial charge in [-0.1, -0.05) is 12.1 Å². The van der Waals surface area contributed by atoms with Crippen LogP contribution in [0.1, 0.15) is 28.8 Å². The molecule has 0 aliphatic carbocycles. The zero-order chi connectivity index (χ0) is 22.2. The highest BCUT2D eigenvalue weighted by molar-refractivity contribution is 6.09. The van der Waals surface area contributed by atoms with Gasteiger partial charge >= 0.3 is 6.18 Å². The standard InChI is InChI=1S/C21H23F3N6O/c1-25-19(31)14-7-3-6-13-15(11-30(2)18(13)14)17-16(21(22,23)24)10-27-20(29-17)28-12-5-4-8-26-9-12/h3,6-7,10-12,26H,4-5,8-9H2,1-2H3,(H,25,31)(H,27,28,29)/t12-/m0/s1. The minimum absolute atomic E-state index is 0.0470. The summed E-state index contributed by atoms with van der Waals surface area (Å²) in [7, 11) is 3.20. The van der Waals surface area contributed by atoms with E-state index in [0.717, 1.165) is 25.6 Å². The van der Waals surface area contributed by atoms with Crippen LogP contribution in [0.2, 0.25) is 0 Å². The summed E-state index contributed by atoms with van der Waals surface area (Å²) in [5.41, 5.74) is 0.0754. The number of nitrogens with one attached hydrogen (secondary N) is 3. The number of carbonyl (C=O) groups is 1. The first-order chi connectivity index (χ1) is 14.8. The fourth-order valence-corrected chi connectivity index (χ4v) is 4.00. The fourth-order valence-electron chi connectivity index (χ4n) is 4.00. The molecule has 1 atom stereocenters. The van der Waals surface area contributed by atoms with Crippen molar-refractivity contribution in [3.63, 3.8) is 0 Å². The Bertz CT molecular complexity index is 1120. The van der Waals surface area contributed by atoms with Crippen LogP contribution in [-0.2, 0) is 13.2 Å². The number of anilines is 1. The summed E-state index contributed by atoms with van der Waals surface area (Å²) >= 11 is 0. The molecule has 10 heteroatoms. The molecule has 0 bridgehead atoms. The molecule has 7 nitrogen and oxygen atoms in total. The van der Waals surface area contributed by atoms with E-state index >= 15 is 0 Å². The summed E-state index contributed by atoms with van der Waals surface area (Å²) < 4.78 is 43.1. The number of aromatic nitrogens is 3. The average molecular weight is 432 g/mol. The third kappa shape index (κ3) is 4.07. The van der Waals surface area contributed by atoms with Crippen molar-refractivity contribution in [2.24, 2.45) is 7.05 Å². The number of carbonyl (C=O) groups excluding carboxylic acids is 1. The summed E-state index contributed by atoms with van der Waals surface area (Å²) in [6, 6.07) is 5.03. The van der Waals surface area contributed by atoms with Gasteiger partial charge in [0, 0.05) is 50.0 Å². The lowest BCUT2D eigenvalue weighted by Gasteiger charge is -2.24. The molecule has 3 aromatic rings. The van der Waals surface area contributed by atoms with E-state index in [9.17, 15) is 18.0 Å². The summed E-state index contributed by atoms with van der Waals surface area (Å²) in [4.78, 5) is 20.5. The number of piperidine rings is 1. The van der Waals surface area contributed by atoms with Gasteiger partial charge in [0.15, 0.2) is 0 Å². The Morgan fingerprint density at radius 3 is 2.81 bits per heavy atom. The van der Waals surface area contributed by atoms with Crippen LogP contribution in [0.4, 0.5) is 19.1 Å². The molecular weight excluding hydrogens is 409 g/mol. The first-order valence-electron chi connectivity index (χ1n) is 10.0. The predicted molar refractivity (Wildman–Crippen MR) is 112 cm³/mol. The molecule has 1 saturated heterocycles. The lowest BCUT2D eigenvalue weighted by molar-refractivity contribution is -0.137. The molecular formula is C21H23F3N6O. The molecule has 4 rings (SSSR count). The second-order valence-electron chi connectivity index (χ2n) is 7.58. The van der Waals surface area contributed by atoms with E-state index in [1.54, 1.807) is 36.0 Å². The topological polar surface area (TPSA) is 83.9 Å². The fraction of sp³-hybridized carbons (Fsp3) is 0.381. The SMILES string of the molecule is CNC(=O)c1cccc2c(-c3nc(N[C@H]4CCCNC4)ncc3C(F)(F)F)cn(C)c12. The zero-order valence-corrected chi connectivity index (χ0v) is 17.2. The molecule has 0 spiro atoms. The Labute approximate surface area is 177 Å². The van der Waals surface area contributed by atoms with E-state index in [2.05, 4.69) is 25.9 Å². The average Bonchev–Trinajstić information content (AvgIpc) is 3.10. The molecule has 1 aliphatic rings. The highest BCUT2D eigenvalue weighted by atomic mass is 19.4. The molecule has 0 saturated carbocycles. The van der Waals surface area contributed by atoms with Crippen molar-refractivity contribution in [1.29, 1.82) is 0 Å². The Morgan fingerprint density at radius 2 is 2.13 bits per heavy atom. The van der Waals surface area contributed by atoms with Gasteiger partial charge in [0.2, 0.25) is 5.95 Å². The zero-order valence-electron chi connectivity index (χ0n) is 17.2. The van der Waals surface area contributed by atoms with E-state index in [4.69, 9.17) is 0 Å². The molecule has 0 unspecified atom stereocenters. The van der Waals surface area contributed by atoms with Gasteiger partial charge < -0.3 is 20.5 Å². The maximum absolute atomic E-state index is 13.8. The quantitative estimate of drug-likeness (QED) is 0.590. The maximum Gasteiger partial charge on any atom is 0.419 e. The lowest BCUT2D eigenvalue weighted by Crippen LogP contribution is -2.38. The number of amides is 1. The van der Waals surface area contributed by atoms with Crippen molar-refractivity contribution in [2.45, 2.75) is 25.1 Å². The number of aryl methyl sites for hydroxylation is 1. The van der Waals surface area contributed by atoms with Gasteiger partial charge in [-0.3, -0.25) is 4.79 Å². The number of rotatable bonds is 4. The van der Waals surface area contributed by atoms with Gasteiger partial charge in [0.25, 0.3) is 5.91 Å². The van der Waals surface area contributed by atoms with E-state index in [-0.39, 0.29) is 23.6 Å². The van der Waals surface area contributed by atoms with Crippen LogP contribution >= 0.6 is 0 Å². The normalized spacial score (nSPS) is 17.0. The summed E-state index contributed by atoms with van der Waals surface area (Å²) in [6.45, 7) is 1.62. The van der Waals surface area contributed by atoms with Crippen LogP contribution in [0, 0.1) is 0 Å². The van der Waals surface area contributed by atoms with Crippen LogP contribution in [0.15, 0.2) is 30.6 Å². The van der Waals surface area contributed by atoms with Crippen LogP contribution in [0.5, 0.6) is 0 Å². The number of halogens is 3. The summed E-state index contributed by atoms with van der Waals surface area (Å²) in [5.74, 6) is -0.166. The molecule has 2 aromatic heterocycles. The van der Waals surface area contributed by atoms with E-state index in [0.29, 0.717) is 28.6 Å². The Hall–Kier alpha value is -3.14. The predicted octanol–water partition coefficient (Wildman–Crippen LogP) is 3.18. The van der Waals surface area contributed by atoms with Gasteiger partial charge in [-0.15, -0.1) is 0 Å². The third-order valence-corrected chi connectivity index (χ3v) is 5.45. The van der Waals surface area contributed by atoms with Gasteiger partial charge in [-0.25, -0.2) is 9.97 Å². The second kappa shape index (κ2) is 8.18. The molecule has 1 amide bonds. The summed E-state index contributed by atoms with van der Waals surface area (Å²) in [6.07, 6.45) is -0.378. The summed E-state index contributed by atoms with van der Waals surface area (Å²) in [5, 5.41) is 9.47. The van der Waals surface area contributed by atoms with Crippen LogP contribution in [0.25, 0.3) is 22.2 Å². The van der Waals surface area contributed by atoms with Crippen molar-refractivity contribution < 1.29 is 18.0 Å². The van der Waals surface area contributed by atoms with Crippen LogP contribution in [-0.4, -0.2) is 46.6 Å². The Morgan fingerprint density at radius 1 is 1.32 bits per heavy atom. The van der Waals surface area contributed by atoms with E-state index in [1.807, 2.05) is 0 Å². The van der Waals surface area contributed by atoms with Crippen LogP contribution in [0.3, 0.4) is 0 Å². The van der Waals surface area contributed by atoms with Gasteiger partial charge in [-0.2, -0.15) is 13.2 Å². The monoisotopic (exact) mass is 432 g/mol. The number of alkyl halides is 3. The lowest BCUT2D eigenvalue weighted by atomic mass is 10.0. The second-order valence-corrected chi connectivity index (χ2v) is 7.58. The molecule has 1 aromatic carbocycles. The van der Waals surface area contributed by atoms with Gasteiger partial charge in [-0.05, 0) is 25.5 Å². The molecule has 1 fully saturated rings.